The Kier molecular flexibility index (Phi) is 8.94. The fourth-order valence-electron chi connectivity index (χ4n) is 2.77. The molecule has 2 aromatic carbocycles. The Bertz CT molecular complexity index is 950. The molecule has 162 valence electrons. The molecule has 0 aliphatic heterocycles. The van der Waals surface area contributed by atoms with Crippen LogP contribution in [0.2, 0.25) is 0 Å². The van der Waals surface area contributed by atoms with Gasteiger partial charge in [-0.05, 0) is 48.2 Å². The number of benzene rings is 2. The average Bonchev–Trinajstić information content (AvgIpc) is 2.73. The molecule has 0 aromatic heterocycles. The third-order valence-corrected chi connectivity index (χ3v) is 4.30. The predicted molar refractivity (Wildman–Crippen MR) is 112 cm³/mol. The standard InChI is InChI=1S/C22H23N3O6/c23-20(27)13-19(22(29)30)25-21(28)2-1-11-31-18-9-5-16(6-10-18)12-15-3-7-17(8-4-15)24-14-26/h3-10,19H,1-2,11-13H2,(H2,23,27)(H,25,28)(H,29,30). The third-order valence-electron chi connectivity index (χ3n) is 4.30. The molecule has 4 N–H and O–H groups in total. The van der Waals surface area contributed by atoms with Gasteiger partial charge in [0.15, 0.2) is 0 Å². The molecule has 1 atom stereocenters. The molecule has 0 radical (unpaired) electrons. The number of carboxylic acids is 1. The first-order valence-corrected chi connectivity index (χ1v) is 9.56. The van der Waals surface area contributed by atoms with E-state index in [0.29, 0.717) is 24.3 Å². The number of nitrogens with one attached hydrogen (secondary N) is 1. The molecule has 31 heavy (non-hydrogen) atoms. The second kappa shape index (κ2) is 11.9. The molecule has 0 spiro atoms. The van der Waals surface area contributed by atoms with Gasteiger partial charge in [-0.3, -0.25) is 9.59 Å². The molecule has 9 nitrogen and oxygen atoms in total. The van der Waals surface area contributed by atoms with Crippen molar-refractivity contribution < 1.29 is 29.0 Å². The first kappa shape index (κ1) is 23.3. The topological polar surface area (TPSA) is 148 Å². The summed E-state index contributed by atoms with van der Waals surface area (Å²) in [5, 5.41) is 11.2. The van der Waals surface area contributed by atoms with Crippen LogP contribution in [-0.4, -0.2) is 41.6 Å². The average molecular weight is 425 g/mol. The number of carbonyl (C=O) groups excluding carboxylic acids is 3. The number of carbonyl (C=O) groups is 3. The van der Waals surface area contributed by atoms with E-state index < -0.39 is 30.2 Å². The van der Waals surface area contributed by atoms with Gasteiger partial charge in [0.05, 0.1) is 18.7 Å². The summed E-state index contributed by atoms with van der Waals surface area (Å²) in [5.74, 6) is -1.95. The van der Waals surface area contributed by atoms with Gasteiger partial charge in [-0.2, -0.15) is 4.99 Å². The van der Waals surface area contributed by atoms with Gasteiger partial charge in [-0.15, -0.1) is 0 Å². The minimum Gasteiger partial charge on any atom is -0.494 e. The minimum atomic E-state index is -1.33. The molecule has 2 rings (SSSR count). The Hall–Kier alpha value is -3.97. The number of carboxylic acid groups (broad SMARTS) is 1. The van der Waals surface area contributed by atoms with Gasteiger partial charge in [0.25, 0.3) is 0 Å². The monoisotopic (exact) mass is 425 g/mol. The van der Waals surface area contributed by atoms with Crippen LogP contribution < -0.4 is 15.8 Å². The number of amides is 2. The smallest absolute Gasteiger partial charge is 0.326 e. The van der Waals surface area contributed by atoms with E-state index >= 15 is 0 Å². The van der Waals surface area contributed by atoms with Crippen LogP contribution in [-0.2, 0) is 25.6 Å². The van der Waals surface area contributed by atoms with Gasteiger partial charge in [0.2, 0.25) is 17.9 Å². The first-order chi connectivity index (χ1) is 14.9. The lowest BCUT2D eigenvalue weighted by Crippen LogP contribution is -2.43. The van der Waals surface area contributed by atoms with Crippen molar-refractivity contribution in [2.45, 2.75) is 31.7 Å². The molecule has 0 heterocycles. The number of aliphatic carboxylic acids is 1. The van der Waals surface area contributed by atoms with Crippen LogP contribution in [0.5, 0.6) is 5.75 Å². The minimum absolute atomic E-state index is 0.0603. The lowest BCUT2D eigenvalue weighted by atomic mass is 10.0. The highest BCUT2D eigenvalue weighted by molar-refractivity contribution is 5.88. The Balaban J connectivity index is 1.74. The number of nitrogens with two attached hydrogens (primary N) is 1. The van der Waals surface area contributed by atoms with Gasteiger partial charge >= 0.3 is 5.97 Å². The van der Waals surface area contributed by atoms with Crippen LogP contribution in [0.1, 0.15) is 30.4 Å². The molecule has 0 saturated heterocycles. The summed E-state index contributed by atoms with van der Waals surface area (Å²) in [6.45, 7) is 0.277. The van der Waals surface area contributed by atoms with Gasteiger partial charge in [-0.1, -0.05) is 24.3 Å². The number of aliphatic imine (C=N–C) groups is 1. The molecule has 2 aromatic rings. The zero-order valence-electron chi connectivity index (χ0n) is 16.7. The van der Waals surface area contributed by atoms with Crippen molar-refractivity contribution in [3.8, 4) is 5.75 Å². The van der Waals surface area contributed by atoms with Crippen LogP contribution in [0.3, 0.4) is 0 Å². The molecule has 0 fully saturated rings. The van der Waals surface area contributed by atoms with Crippen molar-refractivity contribution in [3.05, 3.63) is 59.7 Å². The zero-order valence-corrected chi connectivity index (χ0v) is 16.7. The highest BCUT2D eigenvalue weighted by Gasteiger charge is 2.21. The van der Waals surface area contributed by atoms with Gasteiger partial charge in [0, 0.05) is 6.42 Å². The van der Waals surface area contributed by atoms with Crippen molar-refractivity contribution in [1.82, 2.24) is 5.32 Å². The second-order valence-corrected chi connectivity index (χ2v) is 6.77. The fraction of sp³-hybridized carbons (Fsp3) is 0.273. The predicted octanol–water partition coefficient (Wildman–Crippen LogP) is 1.85. The second-order valence-electron chi connectivity index (χ2n) is 6.77. The molecule has 0 saturated carbocycles. The van der Waals surface area contributed by atoms with Crippen molar-refractivity contribution in [2.75, 3.05) is 6.61 Å². The molecule has 0 aliphatic carbocycles. The largest absolute Gasteiger partial charge is 0.494 e. The van der Waals surface area contributed by atoms with E-state index in [1.54, 1.807) is 12.1 Å². The Morgan fingerprint density at radius 1 is 1.06 bits per heavy atom. The normalized spacial score (nSPS) is 11.1. The van der Waals surface area contributed by atoms with E-state index in [4.69, 9.17) is 15.6 Å². The summed E-state index contributed by atoms with van der Waals surface area (Å²) in [6.07, 6.45) is 2.20. The number of rotatable bonds is 12. The van der Waals surface area contributed by atoms with Crippen molar-refractivity contribution in [1.29, 1.82) is 0 Å². The van der Waals surface area contributed by atoms with E-state index in [1.807, 2.05) is 36.4 Å². The van der Waals surface area contributed by atoms with E-state index in [-0.39, 0.29) is 13.0 Å². The van der Waals surface area contributed by atoms with Gasteiger partial charge < -0.3 is 20.9 Å². The number of primary amides is 1. The van der Waals surface area contributed by atoms with E-state index in [9.17, 15) is 19.2 Å². The summed E-state index contributed by atoms with van der Waals surface area (Å²) in [4.78, 5) is 47.5. The van der Waals surface area contributed by atoms with Crippen molar-refractivity contribution in [3.63, 3.8) is 0 Å². The lowest BCUT2D eigenvalue weighted by Gasteiger charge is -2.13. The molecule has 0 aliphatic rings. The maximum absolute atomic E-state index is 11.8. The van der Waals surface area contributed by atoms with Gasteiger partial charge in [-0.25, -0.2) is 9.59 Å². The quantitative estimate of drug-likeness (QED) is 0.268. The van der Waals surface area contributed by atoms with Crippen molar-refractivity contribution in [2.24, 2.45) is 10.7 Å². The molecular formula is C22H23N3O6. The summed E-state index contributed by atoms with van der Waals surface area (Å²) < 4.78 is 5.60. The molecule has 9 heteroatoms. The summed E-state index contributed by atoms with van der Waals surface area (Å²) in [7, 11) is 0. The zero-order chi connectivity index (χ0) is 22.6. The number of nitrogens with zero attached hydrogens (tertiary/aromatic N) is 1. The molecular weight excluding hydrogens is 402 g/mol. The first-order valence-electron chi connectivity index (χ1n) is 9.56. The maximum atomic E-state index is 11.8. The number of hydrogen-bond acceptors (Lipinski definition) is 6. The molecule has 2 amide bonds. The Labute approximate surface area is 178 Å². The number of isocyanates is 1. The summed E-state index contributed by atoms with van der Waals surface area (Å²) in [5.41, 5.74) is 7.68. The van der Waals surface area contributed by atoms with Crippen LogP contribution in [0.25, 0.3) is 0 Å². The lowest BCUT2D eigenvalue weighted by molar-refractivity contribution is -0.143. The highest BCUT2D eigenvalue weighted by Crippen LogP contribution is 2.18. The Morgan fingerprint density at radius 3 is 2.23 bits per heavy atom. The summed E-state index contributed by atoms with van der Waals surface area (Å²) >= 11 is 0. The maximum Gasteiger partial charge on any atom is 0.326 e. The van der Waals surface area contributed by atoms with E-state index in [1.165, 1.54) is 6.08 Å². The number of ether oxygens (including phenoxy) is 1. The van der Waals surface area contributed by atoms with Crippen LogP contribution >= 0.6 is 0 Å². The molecule has 1 unspecified atom stereocenters. The SMILES string of the molecule is NC(=O)CC(NC(=O)CCCOc1ccc(Cc2ccc(N=C=O)cc2)cc1)C(=O)O. The van der Waals surface area contributed by atoms with Crippen LogP contribution in [0, 0.1) is 0 Å². The molecule has 0 bridgehead atoms. The summed E-state index contributed by atoms with van der Waals surface area (Å²) in [6, 6.07) is 13.5. The fourth-order valence-corrected chi connectivity index (χ4v) is 2.77. The third kappa shape index (κ3) is 8.51. The highest BCUT2D eigenvalue weighted by atomic mass is 16.5. The van der Waals surface area contributed by atoms with Gasteiger partial charge in [0.1, 0.15) is 11.8 Å². The Morgan fingerprint density at radius 2 is 1.68 bits per heavy atom. The van der Waals surface area contributed by atoms with E-state index in [2.05, 4.69) is 10.3 Å². The number of hydrogen-bond donors (Lipinski definition) is 3. The van der Waals surface area contributed by atoms with Crippen molar-refractivity contribution >= 4 is 29.6 Å². The van der Waals surface area contributed by atoms with Crippen LogP contribution in [0.15, 0.2) is 53.5 Å². The van der Waals surface area contributed by atoms with E-state index in [0.717, 1.165) is 11.1 Å². The van der Waals surface area contributed by atoms with Crippen LogP contribution in [0.4, 0.5) is 5.69 Å².